The van der Waals surface area contributed by atoms with Crippen molar-refractivity contribution >= 4 is 0 Å². The molecule has 2 heteroatoms. The number of rotatable bonds is 0. The standard InChI is InChI=1S/C11H16O2/c12-11-8-3-5-1-6-4-9(13-11)10(8)7(6)2-5/h5-12H,1-4H2/t5?,6-,7?,8?,9?,10?,11?/m0/s1. The molecule has 2 bridgehead atoms. The second kappa shape index (κ2) is 2.12. The van der Waals surface area contributed by atoms with Crippen molar-refractivity contribution in [2.24, 2.45) is 29.6 Å². The van der Waals surface area contributed by atoms with Crippen molar-refractivity contribution in [2.75, 3.05) is 0 Å². The molecule has 0 aromatic carbocycles. The molecule has 1 heterocycles. The van der Waals surface area contributed by atoms with E-state index in [1.54, 1.807) is 0 Å². The number of fused-ring (bicyclic) bond motifs is 1. The average Bonchev–Trinajstić information content (AvgIpc) is 2.64. The van der Waals surface area contributed by atoms with Gasteiger partial charge in [0.15, 0.2) is 6.29 Å². The molecule has 1 aliphatic heterocycles. The van der Waals surface area contributed by atoms with Crippen LogP contribution >= 0.6 is 0 Å². The third kappa shape index (κ3) is 0.736. The molecule has 4 fully saturated rings. The second-order valence-electron chi connectivity index (χ2n) is 5.54. The third-order valence-electron chi connectivity index (χ3n) is 5.09. The van der Waals surface area contributed by atoms with E-state index >= 15 is 0 Å². The number of aliphatic hydroxyl groups is 1. The van der Waals surface area contributed by atoms with Gasteiger partial charge in [-0.1, -0.05) is 0 Å². The Morgan fingerprint density at radius 3 is 2.77 bits per heavy atom. The summed E-state index contributed by atoms with van der Waals surface area (Å²) in [5, 5.41) is 9.76. The predicted molar refractivity (Wildman–Crippen MR) is 46.8 cm³/mol. The van der Waals surface area contributed by atoms with Gasteiger partial charge in [-0.25, -0.2) is 0 Å². The maximum atomic E-state index is 9.76. The summed E-state index contributed by atoms with van der Waals surface area (Å²) in [6.07, 6.45) is 5.38. The van der Waals surface area contributed by atoms with Crippen LogP contribution in [0.1, 0.15) is 25.7 Å². The second-order valence-corrected chi connectivity index (χ2v) is 5.54. The molecule has 0 amide bonds. The molecule has 4 rings (SSSR count). The number of hydrogen-bond donors (Lipinski definition) is 1. The molecular weight excluding hydrogens is 164 g/mol. The highest BCUT2D eigenvalue weighted by Crippen LogP contribution is 2.62. The van der Waals surface area contributed by atoms with Gasteiger partial charge < -0.3 is 9.84 Å². The SMILES string of the molecule is OC1OC2C[C@@H]3CC4CC1C2C3C4. The predicted octanol–water partition coefficient (Wildman–Crippen LogP) is 1.39. The van der Waals surface area contributed by atoms with E-state index < -0.39 is 6.29 Å². The molecule has 7 atom stereocenters. The maximum Gasteiger partial charge on any atom is 0.158 e. The van der Waals surface area contributed by atoms with Gasteiger partial charge in [0.1, 0.15) is 0 Å². The fourth-order valence-corrected chi connectivity index (χ4v) is 4.81. The number of aliphatic hydroxyl groups excluding tert-OH is 1. The fourth-order valence-electron chi connectivity index (χ4n) is 4.81. The van der Waals surface area contributed by atoms with E-state index in [4.69, 9.17) is 4.74 Å². The van der Waals surface area contributed by atoms with Crippen molar-refractivity contribution in [3.63, 3.8) is 0 Å². The summed E-state index contributed by atoms with van der Waals surface area (Å²) in [4.78, 5) is 0. The molecule has 4 aliphatic rings. The zero-order valence-electron chi connectivity index (χ0n) is 7.73. The van der Waals surface area contributed by atoms with Crippen molar-refractivity contribution < 1.29 is 9.84 Å². The molecule has 0 spiro atoms. The van der Waals surface area contributed by atoms with Crippen LogP contribution in [0.4, 0.5) is 0 Å². The quantitative estimate of drug-likeness (QED) is 0.610. The van der Waals surface area contributed by atoms with Crippen LogP contribution in [0.2, 0.25) is 0 Å². The summed E-state index contributed by atoms with van der Waals surface area (Å²) in [5.74, 6) is 4.04. The molecule has 6 unspecified atom stereocenters. The molecule has 2 nitrogen and oxygen atoms in total. The summed E-state index contributed by atoms with van der Waals surface area (Å²) < 4.78 is 5.65. The Morgan fingerprint density at radius 1 is 1.00 bits per heavy atom. The molecular formula is C11H16O2. The van der Waals surface area contributed by atoms with Gasteiger partial charge in [0, 0.05) is 5.92 Å². The smallest absolute Gasteiger partial charge is 0.158 e. The molecule has 72 valence electrons. The zero-order chi connectivity index (χ0) is 8.58. The summed E-state index contributed by atoms with van der Waals surface area (Å²) in [7, 11) is 0. The minimum Gasteiger partial charge on any atom is -0.368 e. The molecule has 1 saturated heterocycles. The van der Waals surface area contributed by atoms with Crippen LogP contribution in [0.25, 0.3) is 0 Å². The van der Waals surface area contributed by atoms with E-state index in [9.17, 15) is 5.11 Å². The Kier molecular flexibility index (Phi) is 1.18. The Bertz CT molecular complexity index is 250. The summed E-state index contributed by atoms with van der Waals surface area (Å²) >= 11 is 0. The first-order valence-corrected chi connectivity index (χ1v) is 5.66. The van der Waals surface area contributed by atoms with Crippen LogP contribution in [-0.4, -0.2) is 17.5 Å². The Balaban J connectivity index is 1.80. The van der Waals surface area contributed by atoms with Gasteiger partial charge in [0.05, 0.1) is 6.10 Å². The lowest BCUT2D eigenvalue weighted by molar-refractivity contribution is -0.111. The highest BCUT2D eigenvalue weighted by molar-refractivity contribution is 5.07. The van der Waals surface area contributed by atoms with Crippen molar-refractivity contribution in [1.29, 1.82) is 0 Å². The lowest BCUT2D eigenvalue weighted by atomic mass is 9.73. The van der Waals surface area contributed by atoms with Crippen LogP contribution < -0.4 is 0 Å². The van der Waals surface area contributed by atoms with Crippen molar-refractivity contribution in [3.8, 4) is 0 Å². The zero-order valence-corrected chi connectivity index (χ0v) is 7.73. The fraction of sp³-hybridized carbons (Fsp3) is 1.00. The molecule has 0 radical (unpaired) electrons. The Morgan fingerprint density at radius 2 is 1.85 bits per heavy atom. The van der Waals surface area contributed by atoms with E-state index in [-0.39, 0.29) is 0 Å². The van der Waals surface area contributed by atoms with Crippen LogP contribution in [0.3, 0.4) is 0 Å². The van der Waals surface area contributed by atoms with Crippen LogP contribution in [0, 0.1) is 29.6 Å². The molecule has 13 heavy (non-hydrogen) atoms. The van der Waals surface area contributed by atoms with Crippen molar-refractivity contribution in [1.82, 2.24) is 0 Å². The van der Waals surface area contributed by atoms with Crippen LogP contribution in [0.5, 0.6) is 0 Å². The van der Waals surface area contributed by atoms with E-state index in [1.165, 1.54) is 25.7 Å². The lowest BCUT2D eigenvalue weighted by Crippen LogP contribution is -2.30. The Labute approximate surface area is 78.3 Å². The van der Waals surface area contributed by atoms with E-state index in [0.29, 0.717) is 12.0 Å². The van der Waals surface area contributed by atoms with Crippen molar-refractivity contribution in [3.05, 3.63) is 0 Å². The topological polar surface area (TPSA) is 29.5 Å². The Hall–Kier alpha value is -0.0800. The van der Waals surface area contributed by atoms with Gasteiger partial charge in [0.2, 0.25) is 0 Å². The van der Waals surface area contributed by atoms with Gasteiger partial charge in [-0.05, 0) is 49.4 Å². The van der Waals surface area contributed by atoms with E-state index in [2.05, 4.69) is 0 Å². The first kappa shape index (κ1) is 7.24. The van der Waals surface area contributed by atoms with E-state index in [1.807, 2.05) is 0 Å². The van der Waals surface area contributed by atoms with E-state index in [0.717, 1.165) is 23.7 Å². The molecule has 1 N–H and O–H groups in total. The molecule has 3 aliphatic carbocycles. The maximum absolute atomic E-state index is 9.76. The molecule has 0 aromatic heterocycles. The minimum absolute atomic E-state index is 0.417. The summed E-state index contributed by atoms with van der Waals surface area (Å²) in [6, 6.07) is 0. The minimum atomic E-state index is -0.417. The van der Waals surface area contributed by atoms with Crippen molar-refractivity contribution in [2.45, 2.75) is 38.1 Å². The largest absolute Gasteiger partial charge is 0.368 e. The van der Waals surface area contributed by atoms with Gasteiger partial charge in [0.25, 0.3) is 0 Å². The molecule has 0 aromatic rings. The average molecular weight is 180 g/mol. The monoisotopic (exact) mass is 180 g/mol. The normalized spacial score (nSPS) is 67.6. The summed E-state index contributed by atoms with van der Waals surface area (Å²) in [5.41, 5.74) is 0. The van der Waals surface area contributed by atoms with Gasteiger partial charge >= 0.3 is 0 Å². The first-order chi connectivity index (χ1) is 6.33. The van der Waals surface area contributed by atoms with Gasteiger partial charge in [-0.2, -0.15) is 0 Å². The van der Waals surface area contributed by atoms with Crippen LogP contribution in [0.15, 0.2) is 0 Å². The van der Waals surface area contributed by atoms with Gasteiger partial charge in [-0.3, -0.25) is 0 Å². The highest BCUT2D eigenvalue weighted by Gasteiger charge is 2.60. The third-order valence-corrected chi connectivity index (χ3v) is 5.09. The number of hydrogen-bond acceptors (Lipinski definition) is 2. The highest BCUT2D eigenvalue weighted by atomic mass is 16.6. The lowest BCUT2D eigenvalue weighted by Gasteiger charge is -2.30. The first-order valence-electron chi connectivity index (χ1n) is 5.66. The van der Waals surface area contributed by atoms with Gasteiger partial charge in [-0.15, -0.1) is 0 Å². The number of ether oxygens (including phenoxy) is 1. The molecule has 3 saturated carbocycles. The van der Waals surface area contributed by atoms with Crippen LogP contribution in [-0.2, 0) is 4.74 Å². The summed E-state index contributed by atoms with van der Waals surface area (Å²) in [6.45, 7) is 0.